The van der Waals surface area contributed by atoms with E-state index in [-0.39, 0.29) is 6.61 Å². The molecular formula is C10H23NO2. The summed E-state index contributed by atoms with van der Waals surface area (Å²) < 4.78 is 5.02. The van der Waals surface area contributed by atoms with Gasteiger partial charge in [0, 0.05) is 26.2 Å². The van der Waals surface area contributed by atoms with Gasteiger partial charge in [0.1, 0.15) is 0 Å². The van der Waals surface area contributed by atoms with Gasteiger partial charge in [-0.1, -0.05) is 13.3 Å². The van der Waals surface area contributed by atoms with Crippen LogP contribution in [-0.2, 0) is 4.74 Å². The first kappa shape index (κ1) is 12.9. The minimum Gasteiger partial charge on any atom is -0.395 e. The van der Waals surface area contributed by atoms with Gasteiger partial charge in [-0.3, -0.25) is 4.90 Å². The fraction of sp³-hybridized carbons (Fsp3) is 1.00. The van der Waals surface area contributed by atoms with Crippen LogP contribution in [0.2, 0.25) is 0 Å². The van der Waals surface area contributed by atoms with Gasteiger partial charge in [0.2, 0.25) is 0 Å². The predicted octanol–water partition coefficient (Wildman–Crippen LogP) is 1.12. The van der Waals surface area contributed by atoms with Gasteiger partial charge in [-0.2, -0.15) is 0 Å². The second-order valence-electron chi connectivity index (χ2n) is 3.39. The summed E-state index contributed by atoms with van der Waals surface area (Å²) in [6, 6.07) is 0.548. The number of rotatable bonds is 8. The molecule has 0 aromatic heterocycles. The second-order valence-corrected chi connectivity index (χ2v) is 3.39. The first-order valence-corrected chi connectivity index (χ1v) is 5.10. The zero-order valence-corrected chi connectivity index (χ0v) is 9.12. The molecule has 1 unspecified atom stereocenters. The summed E-state index contributed by atoms with van der Waals surface area (Å²) in [5.74, 6) is 0. The summed E-state index contributed by atoms with van der Waals surface area (Å²) in [5, 5.41) is 8.87. The molecule has 0 aliphatic rings. The van der Waals surface area contributed by atoms with E-state index in [1.807, 2.05) is 0 Å². The lowest BCUT2D eigenvalue weighted by atomic mass is 10.1. The lowest BCUT2D eigenvalue weighted by Crippen LogP contribution is -2.37. The molecule has 0 aliphatic carbocycles. The Bertz CT molecular complexity index is 109. The lowest BCUT2D eigenvalue weighted by Gasteiger charge is -2.27. The van der Waals surface area contributed by atoms with E-state index in [9.17, 15) is 0 Å². The van der Waals surface area contributed by atoms with E-state index in [1.54, 1.807) is 7.11 Å². The van der Waals surface area contributed by atoms with Gasteiger partial charge < -0.3 is 9.84 Å². The summed E-state index contributed by atoms with van der Waals surface area (Å²) >= 11 is 0. The molecule has 0 fully saturated rings. The van der Waals surface area contributed by atoms with E-state index >= 15 is 0 Å². The van der Waals surface area contributed by atoms with Gasteiger partial charge in [0.15, 0.2) is 0 Å². The smallest absolute Gasteiger partial charge is 0.0589 e. The topological polar surface area (TPSA) is 32.7 Å². The van der Waals surface area contributed by atoms with Gasteiger partial charge >= 0.3 is 0 Å². The summed E-state index contributed by atoms with van der Waals surface area (Å²) in [6.07, 6.45) is 2.37. The van der Waals surface area contributed by atoms with Crippen LogP contribution in [0.5, 0.6) is 0 Å². The maximum Gasteiger partial charge on any atom is 0.0589 e. The Kier molecular flexibility index (Phi) is 8.40. The van der Waals surface area contributed by atoms with E-state index < -0.39 is 0 Å². The molecule has 13 heavy (non-hydrogen) atoms. The number of ether oxygens (including phenoxy) is 1. The van der Waals surface area contributed by atoms with Crippen LogP contribution >= 0.6 is 0 Å². The second kappa shape index (κ2) is 8.48. The minimum atomic E-state index is 0.234. The lowest BCUT2D eigenvalue weighted by molar-refractivity contribution is 0.103. The molecule has 0 aromatic carbocycles. The fourth-order valence-corrected chi connectivity index (χ4v) is 1.49. The molecule has 0 aliphatic heterocycles. The zero-order valence-electron chi connectivity index (χ0n) is 9.12. The quantitative estimate of drug-likeness (QED) is 0.621. The minimum absolute atomic E-state index is 0.234. The summed E-state index contributed by atoms with van der Waals surface area (Å²) in [5.41, 5.74) is 0. The predicted molar refractivity (Wildman–Crippen MR) is 54.9 cm³/mol. The molecule has 0 saturated heterocycles. The Morgan fingerprint density at radius 3 is 2.54 bits per heavy atom. The van der Waals surface area contributed by atoms with Crippen molar-refractivity contribution >= 4 is 0 Å². The summed E-state index contributed by atoms with van der Waals surface area (Å²) in [6.45, 7) is 7.04. The largest absolute Gasteiger partial charge is 0.395 e. The molecule has 0 amide bonds. The van der Waals surface area contributed by atoms with Crippen LogP contribution in [0, 0.1) is 0 Å². The number of aliphatic hydroxyl groups excluding tert-OH is 1. The van der Waals surface area contributed by atoms with Crippen molar-refractivity contribution in [2.24, 2.45) is 0 Å². The standard InChI is InChI=1S/C10H23NO2/c1-4-5-10(2)11(6-8-12)7-9-13-3/h10,12H,4-9H2,1-3H3. The molecule has 3 nitrogen and oxygen atoms in total. The molecule has 0 radical (unpaired) electrons. The Balaban J connectivity index is 3.75. The van der Waals surface area contributed by atoms with Crippen molar-refractivity contribution in [2.45, 2.75) is 32.7 Å². The average molecular weight is 189 g/mol. The third-order valence-corrected chi connectivity index (χ3v) is 2.30. The maximum atomic E-state index is 8.87. The van der Waals surface area contributed by atoms with Crippen LogP contribution < -0.4 is 0 Å². The average Bonchev–Trinajstić information content (AvgIpc) is 2.12. The molecule has 0 rings (SSSR count). The highest BCUT2D eigenvalue weighted by atomic mass is 16.5. The van der Waals surface area contributed by atoms with Crippen LogP contribution in [-0.4, -0.2) is 49.5 Å². The van der Waals surface area contributed by atoms with Gasteiger partial charge in [-0.05, 0) is 13.3 Å². The van der Waals surface area contributed by atoms with Crippen molar-refractivity contribution in [1.29, 1.82) is 0 Å². The van der Waals surface area contributed by atoms with Gasteiger partial charge in [-0.25, -0.2) is 0 Å². The summed E-state index contributed by atoms with van der Waals surface area (Å²) in [7, 11) is 1.71. The van der Waals surface area contributed by atoms with Crippen LogP contribution in [0.25, 0.3) is 0 Å². The Morgan fingerprint density at radius 1 is 1.38 bits per heavy atom. The molecule has 80 valence electrons. The fourth-order valence-electron chi connectivity index (χ4n) is 1.49. The number of hydrogen-bond donors (Lipinski definition) is 1. The normalized spacial score (nSPS) is 13.6. The van der Waals surface area contributed by atoms with Crippen molar-refractivity contribution < 1.29 is 9.84 Å². The van der Waals surface area contributed by atoms with E-state index in [4.69, 9.17) is 9.84 Å². The van der Waals surface area contributed by atoms with Crippen molar-refractivity contribution in [3.63, 3.8) is 0 Å². The number of nitrogens with zero attached hydrogens (tertiary/aromatic N) is 1. The SMILES string of the molecule is CCCC(C)N(CCO)CCOC. The first-order valence-electron chi connectivity index (χ1n) is 5.10. The Hall–Kier alpha value is -0.120. The Morgan fingerprint density at radius 2 is 2.08 bits per heavy atom. The van der Waals surface area contributed by atoms with Crippen LogP contribution in [0.3, 0.4) is 0 Å². The number of hydrogen-bond acceptors (Lipinski definition) is 3. The van der Waals surface area contributed by atoms with Gasteiger partial charge in [0.05, 0.1) is 13.2 Å². The molecule has 0 saturated carbocycles. The Labute approximate surface area is 81.7 Å². The highest BCUT2D eigenvalue weighted by Crippen LogP contribution is 2.05. The van der Waals surface area contributed by atoms with E-state index in [0.29, 0.717) is 6.04 Å². The zero-order chi connectivity index (χ0) is 10.1. The molecule has 1 N–H and O–H groups in total. The van der Waals surface area contributed by atoms with E-state index in [0.717, 1.165) is 19.7 Å². The molecule has 0 bridgehead atoms. The van der Waals surface area contributed by atoms with E-state index in [2.05, 4.69) is 18.7 Å². The molecule has 3 heteroatoms. The maximum absolute atomic E-state index is 8.87. The van der Waals surface area contributed by atoms with E-state index in [1.165, 1.54) is 12.8 Å². The number of aliphatic hydroxyl groups is 1. The van der Waals surface area contributed by atoms with Crippen LogP contribution in [0.1, 0.15) is 26.7 Å². The van der Waals surface area contributed by atoms with Crippen LogP contribution in [0.4, 0.5) is 0 Å². The highest BCUT2D eigenvalue weighted by Gasteiger charge is 2.11. The molecule has 1 atom stereocenters. The third-order valence-electron chi connectivity index (χ3n) is 2.30. The van der Waals surface area contributed by atoms with Crippen molar-refractivity contribution in [2.75, 3.05) is 33.4 Å². The van der Waals surface area contributed by atoms with Crippen molar-refractivity contribution in [3.8, 4) is 0 Å². The first-order chi connectivity index (χ1) is 6.26. The van der Waals surface area contributed by atoms with Gasteiger partial charge in [-0.15, -0.1) is 0 Å². The van der Waals surface area contributed by atoms with Crippen molar-refractivity contribution in [1.82, 2.24) is 4.90 Å². The monoisotopic (exact) mass is 189 g/mol. The van der Waals surface area contributed by atoms with Gasteiger partial charge in [0.25, 0.3) is 0 Å². The van der Waals surface area contributed by atoms with Crippen LogP contribution in [0.15, 0.2) is 0 Å². The van der Waals surface area contributed by atoms with Crippen molar-refractivity contribution in [3.05, 3.63) is 0 Å². The summed E-state index contributed by atoms with van der Waals surface area (Å²) in [4.78, 5) is 2.27. The molecule has 0 spiro atoms. The molecule has 0 heterocycles. The highest BCUT2D eigenvalue weighted by molar-refractivity contribution is 4.66. The number of methoxy groups -OCH3 is 1. The molecular weight excluding hydrogens is 166 g/mol. The third kappa shape index (κ3) is 6.02. The molecule has 0 aromatic rings.